The summed E-state index contributed by atoms with van der Waals surface area (Å²) in [7, 11) is 0. The first kappa shape index (κ1) is 18.3. The molecule has 140 valence electrons. The SMILES string of the molecule is Cc1ccc(-n2ccnc2SC(C)C(=O)N2CCc3sccc3C2)cc1C. The van der Waals surface area contributed by atoms with Crippen LogP contribution in [0.4, 0.5) is 0 Å². The van der Waals surface area contributed by atoms with Gasteiger partial charge in [0.1, 0.15) is 0 Å². The number of benzene rings is 1. The fraction of sp³-hybridized carbons (Fsp3) is 0.333. The summed E-state index contributed by atoms with van der Waals surface area (Å²) in [6, 6.07) is 8.53. The van der Waals surface area contributed by atoms with Gasteiger partial charge in [0.15, 0.2) is 5.16 Å². The fourth-order valence-corrected chi connectivity index (χ4v) is 5.21. The molecule has 0 aliphatic carbocycles. The summed E-state index contributed by atoms with van der Waals surface area (Å²) in [5, 5.41) is 2.81. The molecule has 0 bridgehead atoms. The Morgan fingerprint density at radius 3 is 2.93 bits per heavy atom. The summed E-state index contributed by atoms with van der Waals surface area (Å²) in [5.41, 5.74) is 4.91. The van der Waals surface area contributed by atoms with Gasteiger partial charge in [-0.3, -0.25) is 9.36 Å². The molecule has 1 amide bonds. The monoisotopic (exact) mass is 397 g/mol. The standard InChI is InChI=1S/C21H23N3OS2/c1-14-4-5-18(12-15(14)2)24-10-8-22-21(24)27-16(3)20(25)23-9-6-19-17(13-23)7-11-26-19/h4-5,7-8,10-12,16H,6,9,13H2,1-3H3. The average molecular weight is 398 g/mol. The van der Waals surface area contributed by atoms with Gasteiger partial charge < -0.3 is 4.90 Å². The molecular weight excluding hydrogens is 374 g/mol. The van der Waals surface area contributed by atoms with Crippen molar-refractivity contribution in [2.45, 2.75) is 44.1 Å². The van der Waals surface area contributed by atoms with E-state index in [4.69, 9.17) is 0 Å². The van der Waals surface area contributed by atoms with Crippen LogP contribution in [0.3, 0.4) is 0 Å². The lowest BCUT2D eigenvalue weighted by Gasteiger charge is -2.29. The van der Waals surface area contributed by atoms with Crippen molar-refractivity contribution >= 4 is 29.0 Å². The highest BCUT2D eigenvalue weighted by atomic mass is 32.2. The van der Waals surface area contributed by atoms with Gasteiger partial charge in [-0.1, -0.05) is 17.8 Å². The van der Waals surface area contributed by atoms with Crippen LogP contribution in [0.25, 0.3) is 5.69 Å². The molecule has 4 rings (SSSR count). The number of carbonyl (C=O) groups excluding carboxylic acids is 1. The summed E-state index contributed by atoms with van der Waals surface area (Å²) < 4.78 is 2.06. The van der Waals surface area contributed by atoms with Crippen molar-refractivity contribution in [1.29, 1.82) is 0 Å². The number of fused-ring (bicyclic) bond motifs is 1. The van der Waals surface area contributed by atoms with E-state index in [1.165, 1.54) is 33.3 Å². The Morgan fingerprint density at radius 1 is 1.26 bits per heavy atom. The van der Waals surface area contributed by atoms with Gasteiger partial charge in [0.25, 0.3) is 0 Å². The molecule has 1 aliphatic rings. The van der Waals surface area contributed by atoms with E-state index >= 15 is 0 Å². The Balaban J connectivity index is 1.49. The van der Waals surface area contributed by atoms with Gasteiger partial charge in [-0.05, 0) is 67.5 Å². The van der Waals surface area contributed by atoms with Gasteiger partial charge in [-0.25, -0.2) is 4.98 Å². The number of rotatable bonds is 4. The minimum atomic E-state index is -0.169. The van der Waals surface area contributed by atoms with Crippen LogP contribution in [0.1, 0.15) is 28.5 Å². The van der Waals surface area contributed by atoms with Crippen molar-refractivity contribution in [1.82, 2.24) is 14.5 Å². The zero-order valence-corrected chi connectivity index (χ0v) is 17.4. The van der Waals surface area contributed by atoms with Crippen LogP contribution in [0.5, 0.6) is 0 Å². The molecule has 0 spiro atoms. The lowest BCUT2D eigenvalue weighted by molar-refractivity contribution is -0.131. The molecule has 0 radical (unpaired) electrons. The van der Waals surface area contributed by atoms with Gasteiger partial charge in [0.05, 0.1) is 5.25 Å². The maximum absolute atomic E-state index is 13.0. The number of hydrogen-bond acceptors (Lipinski definition) is 4. The molecule has 0 N–H and O–H groups in total. The molecule has 27 heavy (non-hydrogen) atoms. The summed E-state index contributed by atoms with van der Waals surface area (Å²) in [4.78, 5) is 20.9. The molecule has 1 aromatic carbocycles. The molecule has 0 fully saturated rings. The normalized spacial score (nSPS) is 14.9. The number of amides is 1. The second-order valence-electron chi connectivity index (χ2n) is 6.99. The molecule has 6 heteroatoms. The van der Waals surface area contributed by atoms with E-state index in [1.807, 2.05) is 18.0 Å². The van der Waals surface area contributed by atoms with Crippen molar-refractivity contribution in [3.8, 4) is 5.69 Å². The molecule has 4 nitrogen and oxygen atoms in total. The third-order valence-corrected chi connectivity index (χ3v) is 7.22. The van der Waals surface area contributed by atoms with Crippen molar-refractivity contribution in [2.24, 2.45) is 0 Å². The van der Waals surface area contributed by atoms with Crippen LogP contribution in [0.15, 0.2) is 47.2 Å². The number of thiophene rings is 1. The van der Waals surface area contributed by atoms with Crippen LogP contribution < -0.4 is 0 Å². The quantitative estimate of drug-likeness (QED) is 0.603. The van der Waals surface area contributed by atoms with Gasteiger partial charge in [-0.2, -0.15) is 0 Å². The van der Waals surface area contributed by atoms with Crippen molar-refractivity contribution in [2.75, 3.05) is 6.54 Å². The predicted octanol–water partition coefficient (Wildman–Crippen LogP) is 4.62. The predicted molar refractivity (Wildman–Crippen MR) is 112 cm³/mol. The first-order chi connectivity index (χ1) is 13.0. The Bertz CT molecular complexity index is 975. The number of hydrogen-bond donors (Lipinski definition) is 0. The second kappa shape index (κ2) is 7.52. The number of nitrogens with zero attached hydrogens (tertiary/aromatic N) is 3. The maximum atomic E-state index is 13.0. The van der Waals surface area contributed by atoms with Crippen LogP contribution in [-0.2, 0) is 17.8 Å². The number of imidazole rings is 1. The molecule has 1 unspecified atom stereocenters. The Labute approximate surface area is 168 Å². The zero-order valence-electron chi connectivity index (χ0n) is 15.8. The summed E-state index contributed by atoms with van der Waals surface area (Å²) in [5.74, 6) is 0.187. The molecule has 3 heterocycles. The minimum Gasteiger partial charge on any atom is -0.337 e. The Morgan fingerprint density at radius 2 is 2.11 bits per heavy atom. The molecule has 0 saturated carbocycles. The number of carbonyl (C=O) groups is 1. The van der Waals surface area contributed by atoms with Gasteiger partial charge in [0, 0.05) is 36.0 Å². The van der Waals surface area contributed by atoms with E-state index in [0.29, 0.717) is 0 Å². The largest absolute Gasteiger partial charge is 0.337 e. The number of thioether (sulfide) groups is 1. The highest BCUT2D eigenvalue weighted by Gasteiger charge is 2.26. The number of aromatic nitrogens is 2. The molecule has 1 atom stereocenters. The van der Waals surface area contributed by atoms with E-state index in [1.54, 1.807) is 17.5 Å². The molecular formula is C21H23N3OS2. The summed E-state index contributed by atoms with van der Waals surface area (Å²) in [6.45, 7) is 7.75. The molecule has 1 aliphatic heterocycles. The highest BCUT2D eigenvalue weighted by Crippen LogP contribution is 2.29. The molecule has 2 aromatic heterocycles. The summed E-state index contributed by atoms with van der Waals surface area (Å²) in [6.07, 6.45) is 4.73. The van der Waals surface area contributed by atoms with Crippen molar-refractivity contribution in [3.63, 3.8) is 0 Å². The van der Waals surface area contributed by atoms with E-state index < -0.39 is 0 Å². The second-order valence-corrected chi connectivity index (χ2v) is 9.30. The smallest absolute Gasteiger partial charge is 0.236 e. The summed E-state index contributed by atoms with van der Waals surface area (Å²) >= 11 is 3.33. The molecule has 3 aromatic rings. The zero-order chi connectivity index (χ0) is 19.0. The Kier molecular flexibility index (Phi) is 5.10. The van der Waals surface area contributed by atoms with E-state index in [2.05, 4.69) is 53.0 Å². The first-order valence-electron chi connectivity index (χ1n) is 9.14. The van der Waals surface area contributed by atoms with Gasteiger partial charge >= 0.3 is 0 Å². The highest BCUT2D eigenvalue weighted by molar-refractivity contribution is 8.00. The maximum Gasteiger partial charge on any atom is 0.236 e. The van der Waals surface area contributed by atoms with Crippen molar-refractivity contribution < 1.29 is 4.79 Å². The minimum absolute atomic E-state index is 0.169. The van der Waals surface area contributed by atoms with Crippen LogP contribution >= 0.6 is 23.1 Å². The van der Waals surface area contributed by atoms with Gasteiger partial charge in [-0.15, -0.1) is 11.3 Å². The number of aryl methyl sites for hydroxylation is 2. The van der Waals surface area contributed by atoms with Crippen LogP contribution in [0, 0.1) is 13.8 Å². The molecule has 0 saturated heterocycles. The lowest BCUT2D eigenvalue weighted by atomic mass is 10.1. The third-order valence-electron chi connectivity index (χ3n) is 5.12. The third kappa shape index (κ3) is 3.69. The van der Waals surface area contributed by atoms with E-state index in [9.17, 15) is 4.79 Å². The Hall–Kier alpha value is -2.05. The lowest BCUT2D eigenvalue weighted by Crippen LogP contribution is -2.39. The topological polar surface area (TPSA) is 38.1 Å². The average Bonchev–Trinajstić information content (AvgIpc) is 3.31. The first-order valence-corrected chi connectivity index (χ1v) is 10.9. The van der Waals surface area contributed by atoms with Crippen LogP contribution in [-0.4, -0.2) is 32.2 Å². The fourth-order valence-electron chi connectivity index (χ4n) is 3.35. The van der Waals surface area contributed by atoms with E-state index in [0.717, 1.165) is 30.4 Å². The van der Waals surface area contributed by atoms with Crippen molar-refractivity contribution in [3.05, 3.63) is 63.6 Å². The van der Waals surface area contributed by atoms with Crippen LogP contribution in [0.2, 0.25) is 0 Å². The van der Waals surface area contributed by atoms with Gasteiger partial charge in [0.2, 0.25) is 5.91 Å². The van der Waals surface area contributed by atoms with E-state index in [-0.39, 0.29) is 11.2 Å².